The average Bonchev–Trinajstić information content (AvgIpc) is 1.57. The molecular formula is C84H52N6. The first-order valence-corrected chi connectivity index (χ1v) is 30.8. The Hall–Kier alpha value is -12.1. The summed E-state index contributed by atoms with van der Waals surface area (Å²) in [7, 11) is 0. The Morgan fingerprint density at radius 2 is 0.567 bits per heavy atom. The first-order valence-electron chi connectivity index (χ1n) is 30.8. The van der Waals surface area contributed by atoms with Gasteiger partial charge in [0.25, 0.3) is 0 Å². The Labute approximate surface area is 517 Å². The van der Waals surface area contributed by atoms with Crippen LogP contribution in [-0.4, -0.2) is 28.2 Å². The van der Waals surface area contributed by atoms with Gasteiger partial charge in [0.2, 0.25) is 0 Å². The summed E-state index contributed by atoms with van der Waals surface area (Å²) in [5.74, 6) is 0.676. The molecule has 0 bridgehead atoms. The van der Waals surface area contributed by atoms with Gasteiger partial charge in [-0.25, -0.2) is 9.97 Å². The highest BCUT2D eigenvalue weighted by Crippen LogP contribution is 2.43. The fourth-order valence-electron chi connectivity index (χ4n) is 14.7. The van der Waals surface area contributed by atoms with Gasteiger partial charge >= 0.3 is 0 Å². The van der Waals surface area contributed by atoms with Crippen LogP contribution in [0.15, 0.2) is 315 Å². The quantitative estimate of drug-likeness (QED) is 0.142. The van der Waals surface area contributed by atoms with Gasteiger partial charge in [-0.05, 0) is 160 Å². The van der Waals surface area contributed by atoms with Crippen molar-refractivity contribution in [3.63, 3.8) is 0 Å². The van der Waals surface area contributed by atoms with Crippen LogP contribution in [0.5, 0.6) is 0 Å². The van der Waals surface area contributed by atoms with E-state index in [2.05, 4.69) is 334 Å². The summed E-state index contributed by atoms with van der Waals surface area (Å²) in [6, 6.07) is 115. The summed E-state index contributed by atoms with van der Waals surface area (Å²) < 4.78 is 9.56. The molecule has 0 aliphatic carbocycles. The van der Waals surface area contributed by atoms with Gasteiger partial charge in [0.05, 0.1) is 55.3 Å². The molecule has 5 heterocycles. The maximum atomic E-state index is 5.55. The van der Waals surface area contributed by atoms with E-state index < -0.39 is 0 Å². The van der Waals surface area contributed by atoms with Crippen molar-refractivity contribution in [1.82, 2.24) is 28.2 Å². The molecule has 0 radical (unpaired) electrons. The number of hydrogen-bond acceptors (Lipinski definition) is 2. The Morgan fingerprint density at radius 3 is 1.02 bits per heavy atom. The Kier molecular flexibility index (Phi) is 11.0. The van der Waals surface area contributed by atoms with E-state index in [1.807, 2.05) is 0 Å². The van der Waals surface area contributed by atoms with E-state index in [9.17, 15) is 0 Å². The largest absolute Gasteiger partial charge is 0.309 e. The van der Waals surface area contributed by atoms with Gasteiger partial charge in [0.15, 0.2) is 5.82 Å². The van der Waals surface area contributed by atoms with Crippen LogP contribution in [0, 0.1) is 0 Å². The summed E-state index contributed by atoms with van der Waals surface area (Å²) in [4.78, 5) is 11.0. The van der Waals surface area contributed by atoms with E-state index in [1.165, 1.54) is 87.4 Å². The number of para-hydroxylation sites is 6. The third kappa shape index (κ3) is 7.65. The smallest absolute Gasteiger partial charge is 0.160 e. The molecule has 0 saturated carbocycles. The lowest BCUT2D eigenvalue weighted by molar-refractivity contribution is 1.17. The molecular weight excluding hydrogens is 1090 g/mol. The maximum Gasteiger partial charge on any atom is 0.160 e. The lowest BCUT2D eigenvalue weighted by atomic mass is 9.99. The van der Waals surface area contributed by atoms with Crippen LogP contribution in [0.3, 0.4) is 0 Å². The lowest BCUT2D eigenvalue weighted by Gasteiger charge is -2.15. The molecule has 0 atom stereocenters. The molecule has 0 amide bonds. The van der Waals surface area contributed by atoms with Crippen LogP contribution in [0.1, 0.15) is 0 Å². The van der Waals surface area contributed by atoms with Crippen LogP contribution in [0.4, 0.5) is 0 Å². The lowest BCUT2D eigenvalue weighted by Crippen LogP contribution is -1.99. The monoisotopic (exact) mass is 1140 g/mol. The zero-order chi connectivity index (χ0) is 59.0. The highest BCUT2D eigenvalue weighted by atomic mass is 15.0. The fourth-order valence-corrected chi connectivity index (χ4v) is 14.7. The number of hydrogen-bond donors (Lipinski definition) is 0. The van der Waals surface area contributed by atoms with Gasteiger partial charge in [0.1, 0.15) is 0 Å². The molecule has 14 aromatic carbocycles. The van der Waals surface area contributed by atoms with Crippen molar-refractivity contribution in [2.75, 3.05) is 0 Å². The second-order valence-corrected chi connectivity index (χ2v) is 23.7. The number of fused-ring (bicyclic) bond motifs is 15. The number of aromatic nitrogens is 6. The molecule has 6 nitrogen and oxygen atoms in total. The third-order valence-electron chi connectivity index (χ3n) is 18.7. The van der Waals surface area contributed by atoms with E-state index in [0.29, 0.717) is 5.82 Å². The summed E-state index contributed by atoms with van der Waals surface area (Å²) in [6.07, 6.45) is 0. The van der Waals surface area contributed by atoms with Crippen LogP contribution in [0.2, 0.25) is 0 Å². The Bertz CT molecular complexity index is 6140. The van der Waals surface area contributed by atoms with Gasteiger partial charge in [-0.2, -0.15) is 0 Å². The Morgan fingerprint density at radius 1 is 0.200 bits per heavy atom. The predicted molar refractivity (Wildman–Crippen MR) is 376 cm³/mol. The minimum Gasteiger partial charge on any atom is -0.309 e. The molecule has 0 saturated heterocycles. The van der Waals surface area contributed by atoms with Crippen molar-refractivity contribution in [3.05, 3.63) is 315 Å². The molecule has 0 N–H and O–H groups in total. The van der Waals surface area contributed by atoms with Crippen molar-refractivity contribution in [2.45, 2.75) is 0 Å². The third-order valence-corrected chi connectivity index (χ3v) is 18.7. The average molecular weight is 1150 g/mol. The summed E-state index contributed by atoms with van der Waals surface area (Å²) in [6.45, 7) is 0. The second-order valence-electron chi connectivity index (χ2n) is 23.7. The molecule has 0 fully saturated rings. The Balaban J connectivity index is 0.699. The first-order chi connectivity index (χ1) is 44.6. The zero-order valence-corrected chi connectivity index (χ0v) is 48.7. The number of benzene rings is 14. The molecule has 6 heteroatoms. The van der Waals surface area contributed by atoms with Crippen LogP contribution in [-0.2, 0) is 0 Å². The summed E-state index contributed by atoms with van der Waals surface area (Å²) in [5, 5.41) is 13.0. The van der Waals surface area contributed by atoms with Gasteiger partial charge in [-0.3, -0.25) is 0 Å². The minimum atomic E-state index is 0.676. The molecule has 0 spiro atoms. The van der Waals surface area contributed by atoms with Crippen molar-refractivity contribution >= 4 is 109 Å². The van der Waals surface area contributed by atoms with E-state index in [1.54, 1.807) is 0 Å². The van der Waals surface area contributed by atoms with Gasteiger partial charge < -0.3 is 18.3 Å². The predicted octanol–water partition coefficient (Wildman–Crippen LogP) is 21.8. The molecule has 19 rings (SSSR count). The number of nitrogens with zero attached hydrogens (tertiary/aromatic N) is 6. The first kappa shape index (κ1) is 50.1. The van der Waals surface area contributed by atoms with Gasteiger partial charge in [0, 0.05) is 82.4 Å². The molecule has 90 heavy (non-hydrogen) atoms. The molecule has 0 unspecified atom stereocenters. The van der Waals surface area contributed by atoms with Crippen LogP contribution >= 0.6 is 0 Å². The van der Waals surface area contributed by atoms with E-state index in [0.717, 1.165) is 83.3 Å². The minimum absolute atomic E-state index is 0.676. The van der Waals surface area contributed by atoms with Crippen molar-refractivity contribution < 1.29 is 0 Å². The zero-order valence-electron chi connectivity index (χ0n) is 48.7. The second kappa shape index (κ2) is 19.7. The van der Waals surface area contributed by atoms with Crippen molar-refractivity contribution in [2.24, 2.45) is 0 Å². The standard InChI is InChI=1S/C84H52N6/c1-4-19-53(20-5-1)83-82-64-41-40-63(90-77-34-17-13-30-68(77)72-52-57(39-46-81(72)90)55-37-44-79-70(50-55)66-28-11-15-32-75(66)88(79)61-24-8-3-9-25-61)47-58(64)35-42-73(82)85-84(86-83)59-21-18-26-62(48-59)89-76-33-16-12-29-67(76)71-51-56(38-45-80(71)89)54-36-43-78-69(49-54)65-27-10-14-31-74(65)87(78)60-22-6-2-7-23-60/h1-52H. The highest BCUT2D eigenvalue weighted by Gasteiger charge is 2.22. The molecule has 418 valence electrons. The summed E-state index contributed by atoms with van der Waals surface area (Å²) in [5.41, 5.74) is 22.4. The fraction of sp³-hybridized carbons (Fsp3) is 0. The van der Waals surface area contributed by atoms with E-state index >= 15 is 0 Å². The van der Waals surface area contributed by atoms with E-state index in [-0.39, 0.29) is 0 Å². The molecule has 0 aliphatic rings. The van der Waals surface area contributed by atoms with Crippen LogP contribution < -0.4 is 0 Å². The topological polar surface area (TPSA) is 45.5 Å². The molecule has 5 aromatic heterocycles. The normalized spacial score (nSPS) is 12.0. The number of rotatable bonds is 8. The maximum absolute atomic E-state index is 5.55. The van der Waals surface area contributed by atoms with Gasteiger partial charge in [-0.15, -0.1) is 0 Å². The molecule has 0 aliphatic heterocycles. The molecule has 19 aromatic rings. The highest BCUT2D eigenvalue weighted by molar-refractivity contribution is 6.17. The van der Waals surface area contributed by atoms with Gasteiger partial charge in [-0.1, -0.05) is 188 Å². The SMILES string of the molecule is c1ccc(-c2nc(-c3cccc(-n4c5ccccc5c5cc(-c6ccc7c(c6)c6ccccc6n7-c6ccccc6)ccc54)c3)nc3ccc4cc(-n5c6ccccc6c6cc(-c7ccc8c(c7)c7ccccc7n8-c7ccccc7)ccc65)ccc4c23)cc1. The van der Waals surface area contributed by atoms with E-state index in [4.69, 9.17) is 9.97 Å². The summed E-state index contributed by atoms with van der Waals surface area (Å²) >= 11 is 0. The van der Waals surface area contributed by atoms with Crippen LogP contribution in [0.25, 0.3) is 177 Å². The van der Waals surface area contributed by atoms with Crippen molar-refractivity contribution in [1.29, 1.82) is 0 Å². The van der Waals surface area contributed by atoms with Crippen molar-refractivity contribution in [3.8, 4) is 67.6 Å².